The van der Waals surface area contributed by atoms with E-state index in [0.717, 1.165) is 33.6 Å². The molecule has 20 heavy (non-hydrogen) atoms. The fraction of sp³-hybridized carbons (Fsp3) is 0.235. The maximum Gasteiger partial charge on any atom is 0.304 e. The molecule has 0 heterocycles. The van der Waals surface area contributed by atoms with Crippen LogP contribution < -0.4 is 4.74 Å². The smallest absolute Gasteiger partial charge is 0.304 e. The highest BCUT2D eigenvalue weighted by Gasteiger charge is 2.33. The zero-order valence-electron chi connectivity index (χ0n) is 11.5. The fourth-order valence-corrected chi connectivity index (χ4v) is 3.16. The van der Waals surface area contributed by atoms with Crippen molar-refractivity contribution in [3.8, 4) is 16.9 Å². The van der Waals surface area contributed by atoms with Gasteiger partial charge >= 0.3 is 5.97 Å². The first-order chi connectivity index (χ1) is 9.63. The van der Waals surface area contributed by atoms with Crippen molar-refractivity contribution in [2.75, 3.05) is 7.11 Å². The molecule has 102 valence electrons. The molecular formula is C17H16O3. The SMILES string of the molecule is COc1cccc2c1-c1c(C)cccc1C2CC(=O)O. The molecule has 3 rings (SSSR count). The molecule has 0 saturated carbocycles. The summed E-state index contributed by atoms with van der Waals surface area (Å²) in [5, 5.41) is 9.19. The van der Waals surface area contributed by atoms with Gasteiger partial charge in [-0.25, -0.2) is 0 Å². The van der Waals surface area contributed by atoms with Gasteiger partial charge in [0.05, 0.1) is 13.5 Å². The number of aryl methyl sites for hydroxylation is 1. The van der Waals surface area contributed by atoms with Crippen molar-refractivity contribution in [2.24, 2.45) is 0 Å². The Labute approximate surface area is 117 Å². The number of fused-ring (bicyclic) bond motifs is 3. The van der Waals surface area contributed by atoms with Crippen molar-refractivity contribution in [3.63, 3.8) is 0 Å². The second kappa shape index (κ2) is 4.67. The van der Waals surface area contributed by atoms with Crippen molar-refractivity contribution in [2.45, 2.75) is 19.3 Å². The number of hydrogen-bond donors (Lipinski definition) is 1. The van der Waals surface area contributed by atoms with Crippen LogP contribution in [-0.4, -0.2) is 18.2 Å². The average molecular weight is 268 g/mol. The summed E-state index contributed by atoms with van der Waals surface area (Å²) in [6.45, 7) is 2.05. The van der Waals surface area contributed by atoms with Crippen LogP contribution in [0.3, 0.4) is 0 Å². The Hall–Kier alpha value is -2.29. The molecule has 1 N–H and O–H groups in total. The van der Waals surface area contributed by atoms with Crippen LogP contribution in [0.1, 0.15) is 29.0 Å². The van der Waals surface area contributed by atoms with Crippen molar-refractivity contribution >= 4 is 5.97 Å². The Balaban J connectivity index is 2.30. The molecule has 2 aromatic carbocycles. The fourth-order valence-electron chi connectivity index (χ4n) is 3.16. The Morgan fingerprint density at radius 2 is 1.80 bits per heavy atom. The third kappa shape index (κ3) is 1.78. The molecule has 1 unspecified atom stereocenters. The predicted molar refractivity (Wildman–Crippen MR) is 77.3 cm³/mol. The van der Waals surface area contributed by atoms with Gasteiger partial charge in [0.1, 0.15) is 5.75 Å². The van der Waals surface area contributed by atoms with Crippen LogP contribution in [0, 0.1) is 6.92 Å². The molecule has 0 aromatic heterocycles. The van der Waals surface area contributed by atoms with Crippen LogP contribution in [0.5, 0.6) is 5.75 Å². The molecule has 3 nitrogen and oxygen atoms in total. The summed E-state index contributed by atoms with van der Waals surface area (Å²) in [6.07, 6.45) is 0.108. The number of hydrogen-bond acceptors (Lipinski definition) is 2. The first kappa shape index (κ1) is 12.7. The maximum absolute atomic E-state index is 11.2. The van der Waals surface area contributed by atoms with Crippen molar-refractivity contribution < 1.29 is 14.6 Å². The highest BCUT2D eigenvalue weighted by atomic mass is 16.5. The van der Waals surface area contributed by atoms with E-state index in [0.29, 0.717) is 0 Å². The Bertz CT molecular complexity index is 689. The van der Waals surface area contributed by atoms with Crippen LogP contribution in [0.4, 0.5) is 0 Å². The number of benzene rings is 2. The minimum absolute atomic E-state index is 0.0903. The van der Waals surface area contributed by atoms with Gasteiger partial charge in [-0.3, -0.25) is 4.79 Å². The molecule has 0 fully saturated rings. The van der Waals surface area contributed by atoms with Gasteiger partial charge in [0.15, 0.2) is 0 Å². The van der Waals surface area contributed by atoms with E-state index in [2.05, 4.69) is 13.0 Å². The Morgan fingerprint density at radius 1 is 1.15 bits per heavy atom. The van der Waals surface area contributed by atoms with E-state index in [9.17, 15) is 9.90 Å². The van der Waals surface area contributed by atoms with Gasteiger partial charge in [-0.05, 0) is 35.2 Å². The predicted octanol–water partition coefficient (Wildman–Crippen LogP) is 3.59. The topological polar surface area (TPSA) is 46.5 Å². The van der Waals surface area contributed by atoms with E-state index in [1.54, 1.807) is 7.11 Å². The van der Waals surface area contributed by atoms with Crippen molar-refractivity contribution in [3.05, 3.63) is 53.1 Å². The van der Waals surface area contributed by atoms with Crippen LogP contribution in [-0.2, 0) is 4.79 Å². The molecular weight excluding hydrogens is 252 g/mol. The van der Waals surface area contributed by atoms with Gasteiger partial charge in [-0.1, -0.05) is 30.3 Å². The molecule has 1 aliphatic rings. The summed E-state index contributed by atoms with van der Waals surface area (Å²) in [5.41, 5.74) is 5.48. The number of carboxylic acid groups (broad SMARTS) is 1. The van der Waals surface area contributed by atoms with Gasteiger partial charge in [-0.2, -0.15) is 0 Å². The highest BCUT2D eigenvalue weighted by Crippen LogP contribution is 2.51. The monoisotopic (exact) mass is 268 g/mol. The molecule has 2 aromatic rings. The molecule has 0 saturated heterocycles. The molecule has 0 aliphatic heterocycles. The van der Waals surface area contributed by atoms with Gasteiger partial charge in [-0.15, -0.1) is 0 Å². The van der Waals surface area contributed by atoms with Gasteiger partial charge in [0.2, 0.25) is 0 Å². The number of carbonyl (C=O) groups is 1. The van der Waals surface area contributed by atoms with Crippen LogP contribution in [0.15, 0.2) is 36.4 Å². The summed E-state index contributed by atoms with van der Waals surface area (Å²) in [6, 6.07) is 11.9. The first-order valence-electron chi connectivity index (χ1n) is 6.62. The molecule has 0 spiro atoms. The van der Waals surface area contributed by atoms with Gasteiger partial charge in [0, 0.05) is 11.5 Å². The van der Waals surface area contributed by atoms with E-state index in [4.69, 9.17) is 4.74 Å². The number of rotatable bonds is 3. The second-order valence-corrected chi connectivity index (χ2v) is 5.11. The molecule has 3 heteroatoms. The summed E-state index contributed by atoms with van der Waals surface area (Å²) in [7, 11) is 1.65. The largest absolute Gasteiger partial charge is 0.496 e. The number of aliphatic carboxylic acids is 1. The summed E-state index contributed by atoms with van der Waals surface area (Å²) < 4.78 is 5.47. The van der Waals surface area contributed by atoms with Gasteiger partial charge < -0.3 is 9.84 Å². The third-order valence-electron chi connectivity index (χ3n) is 3.96. The number of methoxy groups -OCH3 is 1. The molecule has 0 amide bonds. The normalized spacial score (nSPS) is 15.6. The first-order valence-corrected chi connectivity index (χ1v) is 6.62. The van der Waals surface area contributed by atoms with E-state index >= 15 is 0 Å². The van der Waals surface area contributed by atoms with E-state index in [-0.39, 0.29) is 12.3 Å². The van der Waals surface area contributed by atoms with E-state index in [1.807, 2.05) is 30.3 Å². The van der Waals surface area contributed by atoms with Gasteiger partial charge in [0.25, 0.3) is 0 Å². The van der Waals surface area contributed by atoms with Crippen LogP contribution in [0.25, 0.3) is 11.1 Å². The van der Waals surface area contributed by atoms with Crippen molar-refractivity contribution in [1.29, 1.82) is 0 Å². The van der Waals surface area contributed by atoms with E-state index < -0.39 is 5.97 Å². The number of carboxylic acids is 1. The Kier molecular flexibility index (Phi) is 2.97. The average Bonchev–Trinajstić information content (AvgIpc) is 2.74. The lowest BCUT2D eigenvalue weighted by molar-refractivity contribution is -0.137. The molecule has 1 atom stereocenters. The maximum atomic E-state index is 11.2. The minimum Gasteiger partial charge on any atom is -0.496 e. The highest BCUT2D eigenvalue weighted by molar-refractivity contribution is 5.87. The van der Waals surface area contributed by atoms with Crippen LogP contribution in [0.2, 0.25) is 0 Å². The lowest BCUT2D eigenvalue weighted by Gasteiger charge is -2.11. The lowest BCUT2D eigenvalue weighted by atomic mass is 9.93. The molecule has 0 bridgehead atoms. The molecule has 0 radical (unpaired) electrons. The quantitative estimate of drug-likeness (QED) is 0.925. The number of ether oxygens (including phenoxy) is 1. The summed E-state index contributed by atoms with van der Waals surface area (Å²) >= 11 is 0. The lowest BCUT2D eigenvalue weighted by Crippen LogP contribution is -2.05. The standard InChI is InChI=1S/C17H16O3/c1-10-5-3-6-11-13(9-15(18)19)12-7-4-8-14(20-2)17(12)16(10)11/h3-8,13H,9H2,1-2H3,(H,18,19). The van der Waals surface area contributed by atoms with Crippen LogP contribution >= 0.6 is 0 Å². The van der Waals surface area contributed by atoms with E-state index in [1.165, 1.54) is 0 Å². The summed E-state index contributed by atoms with van der Waals surface area (Å²) in [5.74, 6) is -0.0587. The zero-order valence-corrected chi connectivity index (χ0v) is 11.5. The third-order valence-corrected chi connectivity index (χ3v) is 3.96. The minimum atomic E-state index is -0.780. The zero-order chi connectivity index (χ0) is 14.3. The van der Waals surface area contributed by atoms with Crippen molar-refractivity contribution in [1.82, 2.24) is 0 Å². The second-order valence-electron chi connectivity index (χ2n) is 5.11. The molecule has 1 aliphatic carbocycles. The Morgan fingerprint density at radius 3 is 2.45 bits per heavy atom. The summed E-state index contributed by atoms with van der Waals surface area (Å²) in [4.78, 5) is 11.2.